The number of nitrogens with one attached hydrogen (secondary N) is 3. The van der Waals surface area contributed by atoms with Gasteiger partial charge in [0.25, 0.3) is 5.91 Å². The highest BCUT2D eigenvalue weighted by molar-refractivity contribution is 5.96. The molecule has 0 aromatic heterocycles. The van der Waals surface area contributed by atoms with Gasteiger partial charge in [0, 0.05) is 31.3 Å². The number of para-hydroxylation sites is 1. The maximum atomic E-state index is 11.9. The van der Waals surface area contributed by atoms with Crippen molar-refractivity contribution in [2.75, 3.05) is 20.2 Å². The van der Waals surface area contributed by atoms with Crippen LogP contribution in [0.15, 0.2) is 66.2 Å². The topological polar surface area (TPSA) is 118 Å². The van der Waals surface area contributed by atoms with Gasteiger partial charge in [0.15, 0.2) is 5.96 Å². The number of aliphatic imine (C=N–C) groups is 1. The van der Waals surface area contributed by atoms with E-state index in [0.717, 1.165) is 16.9 Å². The predicted molar refractivity (Wildman–Crippen MR) is 117 cm³/mol. The van der Waals surface area contributed by atoms with Crippen molar-refractivity contribution in [3.05, 3.63) is 77.9 Å². The van der Waals surface area contributed by atoms with Crippen LogP contribution >= 0.6 is 0 Å². The largest absolute Gasteiger partial charge is 0.489 e. The summed E-state index contributed by atoms with van der Waals surface area (Å²) in [4.78, 5) is 26.9. The molecule has 0 fully saturated rings. The van der Waals surface area contributed by atoms with Gasteiger partial charge < -0.3 is 26.4 Å². The third kappa shape index (κ3) is 7.31. The number of guanidine groups is 1. The second-order valence-electron chi connectivity index (χ2n) is 6.33. The molecule has 2 aromatic rings. The molecule has 30 heavy (non-hydrogen) atoms. The predicted octanol–water partition coefficient (Wildman–Crippen LogP) is 1.33. The van der Waals surface area contributed by atoms with Crippen molar-refractivity contribution in [1.29, 1.82) is 0 Å². The molecular weight excluding hydrogens is 382 g/mol. The molecule has 0 bridgehead atoms. The molecule has 0 heterocycles. The molecule has 158 valence electrons. The third-order valence-corrected chi connectivity index (χ3v) is 4.10. The Morgan fingerprint density at radius 1 is 1.07 bits per heavy atom. The highest BCUT2D eigenvalue weighted by Gasteiger charge is 2.07. The van der Waals surface area contributed by atoms with Crippen LogP contribution in [-0.4, -0.2) is 38.0 Å². The maximum absolute atomic E-state index is 11.9. The molecule has 0 unspecified atom stereocenters. The molecule has 0 saturated carbocycles. The fraction of sp³-hybridized carbons (Fsp3) is 0.227. The highest BCUT2D eigenvalue weighted by atomic mass is 16.5. The zero-order valence-electron chi connectivity index (χ0n) is 17.0. The SMILES string of the molecule is C=CCOc1ccccc1CNC(=NC)NCc1ccc(C(=O)NCC(N)=O)cc1. The van der Waals surface area contributed by atoms with E-state index in [1.165, 1.54) is 0 Å². The van der Waals surface area contributed by atoms with Gasteiger partial charge in [0.1, 0.15) is 12.4 Å². The molecule has 8 nitrogen and oxygen atoms in total. The van der Waals surface area contributed by atoms with Crippen molar-refractivity contribution in [1.82, 2.24) is 16.0 Å². The van der Waals surface area contributed by atoms with Gasteiger partial charge in [0.05, 0.1) is 6.54 Å². The molecule has 0 saturated heterocycles. The number of carbonyl (C=O) groups excluding carboxylic acids is 2. The molecule has 0 aliphatic carbocycles. The normalized spacial score (nSPS) is 10.8. The fourth-order valence-corrected chi connectivity index (χ4v) is 2.57. The van der Waals surface area contributed by atoms with Gasteiger partial charge in [-0.3, -0.25) is 14.6 Å². The number of amides is 2. The van der Waals surface area contributed by atoms with Gasteiger partial charge in [-0.25, -0.2) is 0 Å². The van der Waals surface area contributed by atoms with Gasteiger partial charge in [-0.2, -0.15) is 0 Å². The summed E-state index contributed by atoms with van der Waals surface area (Å²) in [6.07, 6.45) is 1.71. The lowest BCUT2D eigenvalue weighted by atomic mass is 10.1. The van der Waals surface area contributed by atoms with Crippen molar-refractivity contribution < 1.29 is 14.3 Å². The second-order valence-corrected chi connectivity index (χ2v) is 6.33. The van der Waals surface area contributed by atoms with E-state index < -0.39 is 5.91 Å². The Morgan fingerprint density at radius 3 is 2.43 bits per heavy atom. The van der Waals surface area contributed by atoms with E-state index in [9.17, 15) is 9.59 Å². The van der Waals surface area contributed by atoms with Crippen molar-refractivity contribution >= 4 is 17.8 Å². The van der Waals surface area contributed by atoms with Crippen LogP contribution in [0.5, 0.6) is 5.75 Å². The summed E-state index contributed by atoms with van der Waals surface area (Å²) in [6, 6.07) is 14.8. The summed E-state index contributed by atoms with van der Waals surface area (Å²) in [5, 5.41) is 8.94. The maximum Gasteiger partial charge on any atom is 0.251 e. The molecule has 0 spiro atoms. The Bertz CT molecular complexity index is 894. The average Bonchev–Trinajstić information content (AvgIpc) is 2.77. The van der Waals surface area contributed by atoms with Crippen LogP contribution in [0, 0.1) is 0 Å². The lowest BCUT2D eigenvalue weighted by molar-refractivity contribution is -0.117. The number of hydrogen-bond acceptors (Lipinski definition) is 4. The van der Waals surface area contributed by atoms with Crippen LogP contribution in [0.25, 0.3) is 0 Å². The minimum Gasteiger partial charge on any atom is -0.489 e. The minimum atomic E-state index is -0.585. The summed E-state index contributed by atoms with van der Waals surface area (Å²) in [7, 11) is 1.70. The summed E-state index contributed by atoms with van der Waals surface area (Å²) in [5.74, 6) is 0.503. The highest BCUT2D eigenvalue weighted by Crippen LogP contribution is 2.17. The molecular formula is C22H27N5O3. The van der Waals surface area contributed by atoms with Gasteiger partial charge in [-0.05, 0) is 23.8 Å². The molecule has 2 amide bonds. The first kappa shape index (κ1) is 22.5. The van der Waals surface area contributed by atoms with Crippen LogP contribution in [0.4, 0.5) is 0 Å². The Kier molecular flexibility index (Phi) is 8.92. The molecule has 0 aliphatic heterocycles. The van der Waals surface area contributed by atoms with Crippen LogP contribution in [0.2, 0.25) is 0 Å². The number of primary amides is 1. The quantitative estimate of drug-likeness (QED) is 0.268. The molecule has 0 atom stereocenters. The van der Waals surface area contributed by atoms with E-state index in [0.29, 0.717) is 31.2 Å². The Balaban J connectivity index is 1.86. The zero-order valence-corrected chi connectivity index (χ0v) is 17.0. The summed E-state index contributed by atoms with van der Waals surface area (Å²) >= 11 is 0. The second kappa shape index (κ2) is 11.9. The molecule has 5 N–H and O–H groups in total. The number of nitrogens with two attached hydrogens (primary N) is 1. The van der Waals surface area contributed by atoms with Crippen molar-refractivity contribution in [3.8, 4) is 5.75 Å². The standard InChI is InChI=1S/C22H27N5O3/c1-3-12-30-19-7-5-4-6-18(19)14-27-22(24-2)26-13-16-8-10-17(11-9-16)21(29)25-15-20(23)28/h3-11H,1,12-15H2,2H3,(H2,23,28)(H,25,29)(H2,24,26,27). The Labute approximate surface area is 176 Å². The van der Waals surface area contributed by atoms with Crippen molar-refractivity contribution in [3.63, 3.8) is 0 Å². The minimum absolute atomic E-state index is 0.189. The van der Waals surface area contributed by atoms with Crippen molar-refractivity contribution in [2.24, 2.45) is 10.7 Å². The Morgan fingerprint density at radius 2 is 1.77 bits per heavy atom. The van der Waals surface area contributed by atoms with E-state index >= 15 is 0 Å². The first-order valence-electron chi connectivity index (χ1n) is 9.45. The summed E-state index contributed by atoms with van der Waals surface area (Å²) in [5.41, 5.74) is 7.46. The monoisotopic (exact) mass is 409 g/mol. The number of nitrogens with zero attached hydrogens (tertiary/aromatic N) is 1. The third-order valence-electron chi connectivity index (χ3n) is 4.10. The van der Waals surface area contributed by atoms with Gasteiger partial charge in [0.2, 0.25) is 5.91 Å². The van der Waals surface area contributed by atoms with E-state index in [2.05, 4.69) is 27.5 Å². The van der Waals surface area contributed by atoms with Gasteiger partial charge >= 0.3 is 0 Å². The molecule has 8 heteroatoms. The van der Waals surface area contributed by atoms with E-state index in [1.807, 2.05) is 36.4 Å². The van der Waals surface area contributed by atoms with Crippen LogP contribution in [0.1, 0.15) is 21.5 Å². The smallest absolute Gasteiger partial charge is 0.251 e. The zero-order chi connectivity index (χ0) is 21.8. The molecule has 0 radical (unpaired) electrons. The first-order chi connectivity index (χ1) is 14.5. The number of benzene rings is 2. The van der Waals surface area contributed by atoms with Crippen LogP contribution in [0.3, 0.4) is 0 Å². The fourth-order valence-electron chi connectivity index (χ4n) is 2.57. The molecule has 0 aliphatic rings. The average molecular weight is 409 g/mol. The molecule has 2 aromatic carbocycles. The summed E-state index contributed by atoms with van der Waals surface area (Å²) < 4.78 is 5.67. The molecule has 2 rings (SSSR count). The van der Waals surface area contributed by atoms with Gasteiger partial charge in [-0.1, -0.05) is 43.0 Å². The lowest BCUT2D eigenvalue weighted by Crippen LogP contribution is -2.36. The van der Waals surface area contributed by atoms with Crippen molar-refractivity contribution in [2.45, 2.75) is 13.1 Å². The Hall–Kier alpha value is -3.81. The first-order valence-corrected chi connectivity index (χ1v) is 9.45. The van der Waals surface area contributed by atoms with E-state index in [1.54, 1.807) is 25.3 Å². The van der Waals surface area contributed by atoms with Crippen LogP contribution < -0.4 is 26.4 Å². The number of carbonyl (C=O) groups is 2. The number of ether oxygens (including phenoxy) is 1. The van der Waals surface area contributed by atoms with E-state index in [4.69, 9.17) is 10.5 Å². The number of hydrogen-bond donors (Lipinski definition) is 4. The summed E-state index contributed by atoms with van der Waals surface area (Å²) in [6.45, 7) is 5.00. The van der Waals surface area contributed by atoms with Crippen LogP contribution in [-0.2, 0) is 17.9 Å². The number of rotatable bonds is 10. The van der Waals surface area contributed by atoms with Gasteiger partial charge in [-0.15, -0.1) is 0 Å². The van der Waals surface area contributed by atoms with E-state index in [-0.39, 0.29) is 12.5 Å². The lowest BCUT2D eigenvalue weighted by Gasteiger charge is -2.14.